The molecule has 2 aromatic carbocycles. The summed E-state index contributed by atoms with van der Waals surface area (Å²) in [6.07, 6.45) is 0. The van der Waals surface area contributed by atoms with Crippen LogP contribution in [0.1, 0.15) is 5.56 Å². The molecule has 22 heavy (non-hydrogen) atoms. The van der Waals surface area contributed by atoms with Crippen LogP contribution in [-0.2, 0) is 4.79 Å². The molecule has 0 aliphatic carbocycles. The summed E-state index contributed by atoms with van der Waals surface area (Å²) in [5.74, 6) is -0.503. The highest BCUT2D eigenvalue weighted by Gasteiger charge is 2.26. The van der Waals surface area contributed by atoms with Gasteiger partial charge in [-0.1, -0.05) is 29.8 Å². The van der Waals surface area contributed by atoms with E-state index >= 15 is 0 Å². The molecule has 1 amide bonds. The lowest BCUT2D eigenvalue weighted by Crippen LogP contribution is -2.44. The van der Waals surface area contributed by atoms with E-state index in [2.05, 4.69) is 4.99 Å². The number of rotatable bonds is 2. The molecule has 0 bridgehead atoms. The summed E-state index contributed by atoms with van der Waals surface area (Å²) in [5.41, 5.74) is 6.88. The number of amides is 1. The summed E-state index contributed by atoms with van der Waals surface area (Å²) in [5, 5.41) is 12.2. The average Bonchev–Trinajstić information content (AvgIpc) is 2.49. The number of carbonyl (C=O) groups is 1. The molecule has 1 heterocycles. The van der Waals surface area contributed by atoms with E-state index in [1.54, 1.807) is 24.3 Å². The van der Waals surface area contributed by atoms with E-state index < -0.39 is 16.9 Å². The van der Waals surface area contributed by atoms with Gasteiger partial charge in [-0.15, -0.1) is 0 Å². The van der Waals surface area contributed by atoms with Crippen molar-refractivity contribution in [3.05, 3.63) is 73.7 Å². The minimum atomic E-state index is -1.01. The molecule has 7 heteroatoms. The smallest absolute Gasteiger partial charge is 0.270 e. The Morgan fingerprint density at radius 3 is 2.64 bits per heavy atom. The molecule has 0 aromatic heterocycles. The van der Waals surface area contributed by atoms with Gasteiger partial charge in [0, 0.05) is 22.4 Å². The van der Waals surface area contributed by atoms with Gasteiger partial charge in [0.15, 0.2) is 0 Å². The van der Waals surface area contributed by atoms with Crippen LogP contribution in [0.5, 0.6) is 0 Å². The van der Waals surface area contributed by atoms with Crippen molar-refractivity contribution in [1.82, 2.24) is 0 Å². The quantitative estimate of drug-likeness (QED) is 0.658. The molecule has 110 valence electrons. The van der Waals surface area contributed by atoms with Crippen LogP contribution in [0.25, 0.3) is 5.57 Å². The highest BCUT2D eigenvalue weighted by Crippen LogP contribution is 2.24. The number of nitro benzene ring substituents is 1. The fourth-order valence-corrected chi connectivity index (χ4v) is 2.66. The molecule has 3 rings (SSSR count). The van der Waals surface area contributed by atoms with Gasteiger partial charge in [0.2, 0.25) is 0 Å². The third-order valence-electron chi connectivity index (χ3n) is 3.45. The lowest BCUT2D eigenvalue weighted by atomic mass is 9.93. The first-order chi connectivity index (χ1) is 10.5. The monoisotopic (exact) mass is 315 g/mol. The molecule has 0 saturated carbocycles. The number of hydrogen-bond donors (Lipinski definition) is 1. The Kier molecular flexibility index (Phi) is 3.48. The fraction of sp³-hybridized carbons (Fsp3) is 0.0667. The normalized spacial score (nSPS) is 16.9. The molecule has 6 nitrogen and oxygen atoms in total. The molecule has 0 spiro atoms. The van der Waals surface area contributed by atoms with Gasteiger partial charge in [0.25, 0.3) is 11.6 Å². The Labute approximate surface area is 129 Å². The van der Waals surface area contributed by atoms with Crippen LogP contribution in [0.3, 0.4) is 0 Å². The van der Waals surface area contributed by atoms with Crippen molar-refractivity contribution in [3.8, 4) is 0 Å². The molecule has 0 radical (unpaired) electrons. The Morgan fingerprint density at radius 1 is 1.23 bits per heavy atom. The van der Waals surface area contributed by atoms with Gasteiger partial charge in [-0.3, -0.25) is 14.9 Å². The first-order valence-electron chi connectivity index (χ1n) is 6.41. The Bertz CT molecular complexity index is 924. The zero-order valence-electron chi connectivity index (χ0n) is 11.2. The minimum Gasteiger partial charge on any atom is -0.316 e. The van der Waals surface area contributed by atoms with Crippen LogP contribution >= 0.6 is 11.6 Å². The second kappa shape index (κ2) is 5.32. The molecular weight excluding hydrogens is 306 g/mol. The van der Waals surface area contributed by atoms with Crippen LogP contribution in [0, 0.1) is 10.1 Å². The number of hydrogen-bond acceptors (Lipinski definition) is 4. The number of carbonyl (C=O) groups excluding carboxylic acids is 1. The lowest BCUT2D eigenvalue weighted by molar-refractivity contribution is -0.385. The SMILES string of the molecule is NC1C(=O)N=c2ccc([N+](=O)[O-])cc2=C1c1ccccc1Cl. The van der Waals surface area contributed by atoms with Crippen molar-refractivity contribution < 1.29 is 9.72 Å². The predicted octanol–water partition coefficient (Wildman–Crippen LogP) is 0.934. The summed E-state index contributed by atoms with van der Waals surface area (Å²) >= 11 is 6.19. The number of benzene rings is 2. The Morgan fingerprint density at radius 2 is 1.95 bits per heavy atom. The molecule has 0 saturated heterocycles. The maximum atomic E-state index is 12.0. The summed E-state index contributed by atoms with van der Waals surface area (Å²) in [7, 11) is 0. The number of halogens is 1. The minimum absolute atomic E-state index is 0.0972. The predicted molar refractivity (Wildman–Crippen MR) is 80.8 cm³/mol. The summed E-state index contributed by atoms with van der Waals surface area (Å²) < 4.78 is 0. The highest BCUT2D eigenvalue weighted by molar-refractivity contribution is 6.32. The molecule has 0 fully saturated rings. The van der Waals surface area contributed by atoms with Gasteiger partial charge in [0.1, 0.15) is 6.04 Å². The number of non-ortho nitro benzene ring substituents is 1. The first-order valence-corrected chi connectivity index (χ1v) is 6.78. The van der Waals surface area contributed by atoms with E-state index in [0.29, 0.717) is 26.7 Å². The van der Waals surface area contributed by atoms with Gasteiger partial charge in [-0.05, 0) is 23.3 Å². The van der Waals surface area contributed by atoms with Crippen LogP contribution in [0.15, 0.2) is 47.5 Å². The van der Waals surface area contributed by atoms with Crippen LogP contribution in [0.2, 0.25) is 5.02 Å². The van der Waals surface area contributed by atoms with Gasteiger partial charge >= 0.3 is 0 Å². The topological polar surface area (TPSA) is 98.6 Å². The van der Waals surface area contributed by atoms with Crippen molar-refractivity contribution in [2.75, 3.05) is 0 Å². The number of nitrogens with two attached hydrogens (primary N) is 1. The van der Waals surface area contributed by atoms with Crippen molar-refractivity contribution >= 4 is 28.8 Å². The molecule has 1 aliphatic heterocycles. The van der Waals surface area contributed by atoms with Crippen LogP contribution < -0.4 is 16.3 Å². The second-order valence-corrected chi connectivity index (χ2v) is 5.19. The maximum absolute atomic E-state index is 12.0. The van der Waals surface area contributed by atoms with Crippen LogP contribution in [-0.4, -0.2) is 16.9 Å². The summed E-state index contributed by atoms with van der Waals surface area (Å²) in [6, 6.07) is 10.0. The second-order valence-electron chi connectivity index (χ2n) is 4.78. The summed E-state index contributed by atoms with van der Waals surface area (Å²) in [4.78, 5) is 26.3. The highest BCUT2D eigenvalue weighted by atomic mass is 35.5. The number of nitrogens with zero attached hydrogens (tertiary/aromatic N) is 2. The lowest BCUT2D eigenvalue weighted by Gasteiger charge is -2.18. The number of nitro groups is 1. The molecule has 2 aromatic rings. The standard InChI is InChI=1S/C15H10ClN3O3/c16-11-4-2-1-3-9(11)13-10-7-8(19(21)22)5-6-12(10)18-15(20)14(13)17/h1-7,14H,17H2. The van der Waals surface area contributed by atoms with Crippen molar-refractivity contribution in [3.63, 3.8) is 0 Å². The van der Waals surface area contributed by atoms with E-state index in [4.69, 9.17) is 17.3 Å². The van der Waals surface area contributed by atoms with Gasteiger partial charge < -0.3 is 5.73 Å². The molecule has 1 aliphatic rings. The molecule has 1 unspecified atom stereocenters. The van der Waals surface area contributed by atoms with Crippen molar-refractivity contribution in [1.29, 1.82) is 0 Å². The van der Waals surface area contributed by atoms with Gasteiger partial charge in [0.05, 0.1) is 10.3 Å². The van der Waals surface area contributed by atoms with Crippen LogP contribution in [0.4, 0.5) is 5.69 Å². The largest absolute Gasteiger partial charge is 0.316 e. The van der Waals surface area contributed by atoms with Crippen molar-refractivity contribution in [2.45, 2.75) is 6.04 Å². The van der Waals surface area contributed by atoms with Gasteiger partial charge in [-0.2, -0.15) is 0 Å². The van der Waals surface area contributed by atoms with E-state index in [1.165, 1.54) is 18.2 Å². The van der Waals surface area contributed by atoms with E-state index in [1.807, 2.05) is 0 Å². The zero-order valence-corrected chi connectivity index (χ0v) is 11.9. The Hall–Kier alpha value is -2.57. The fourth-order valence-electron chi connectivity index (χ4n) is 2.42. The van der Waals surface area contributed by atoms with E-state index in [-0.39, 0.29) is 5.69 Å². The average molecular weight is 316 g/mol. The number of fused-ring (bicyclic) bond motifs is 1. The first kappa shape index (κ1) is 14.4. The van der Waals surface area contributed by atoms with E-state index in [0.717, 1.165) is 0 Å². The maximum Gasteiger partial charge on any atom is 0.270 e. The third kappa shape index (κ3) is 2.28. The zero-order chi connectivity index (χ0) is 15.9. The summed E-state index contributed by atoms with van der Waals surface area (Å²) in [6.45, 7) is 0. The third-order valence-corrected chi connectivity index (χ3v) is 3.78. The molecule has 1 atom stereocenters. The van der Waals surface area contributed by atoms with Gasteiger partial charge in [-0.25, -0.2) is 4.99 Å². The Balaban J connectivity index is 2.45. The van der Waals surface area contributed by atoms with Crippen molar-refractivity contribution in [2.24, 2.45) is 10.7 Å². The molecular formula is C15H10ClN3O3. The molecule has 2 N–H and O–H groups in total. The van der Waals surface area contributed by atoms with E-state index in [9.17, 15) is 14.9 Å².